The minimum atomic E-state index is -0.527. The Morgan fingerprint density at radius 2 is 2.00 bits per heavy atom. The van der Waals surface area contributed by atoms with Crippen LogP contribution in [0.3, 0.4) is 0 Å². The van der Waals surface area contributed by atoms with Crippen LogP contribution >= 0.6 is 0 Å². The van der Waals surface area contributed by atoms with Crippen molar-refractivity contribution in [2.45, 2.75) is 20.3 Å². The van der Waals surface area contributed by atoms with Crippen molar-refractivity contribution in [3.05, 3.63) is 76.0 Å². The number of nitrogens with one attached hydrogen (secondary N) is 2. The van der Waals surface area contributed by atoms with Crippen molar-refractivity contribution < 1.29 is 9.21 Å². The lowest BCUT2D eigenvalue weighted by Gasteiger charge is -2.09. The number of benzene rings is 2. The average molecular weight is 362 g/mol. The highest BCUT2D eigenvalue weighted by Crippen LogP contribution is 2.20. The Morgan fingerprint density at radius 3 is 2.74 bits per heavy atom. The van der Waals surface area contributed by atoms with E-state index < -0.39 is 5.76 Å². The average Bonchev–Trinajstić information content (AvgIpc) is 3.24. The maximum atomic E-state index is 12.8. The maximum absolute atomic E-state index is 12.8. The van der Waals surface area contributed by atoms with Crippen LogP contribution < -0.4 is 11.1 Å². The van der Waals surface area contributed by atoms with Gasteiger partial charge in [-0.3, -0.25) is 9.78 Å². The number of carbonyl (C=O) groups is 1. The van der Waals surface area contributed by atoms with E-state index in [0.717, 1.165) is 16.9 Å². The van der Waals surface area contributed by atoms with Crippen LogP contribution in [-0.2, 0) is 6.42 Å². The summed E-state index contributed by atoms with van der Waals surface area (Å²) >= 11 is 0. The van der Waals surface area contributed by atoms with Crippen LogP contribution in [0.2, 0.25) is 0 Å². The zero-order chi connectivity index (χ0) is 19.0. The van der Waals surface area contributed by atoms with Crippen molar-refractivity contribution in [3.8, 4) is 5.69 Å². The van der Waals surface area contributed by atoms with Gasteiger partial charge in [0, 0.05) is 5.69 Å². The molecule has 27 heavy (non-hydrogen) atoms. The predicted octanol–water partition coefficient (Wildman–Crippen LogP) is 3.43. The number of oxazole rings is 1. The molecule has 0 unspecified atom stereocenters. The van der Waals surface area contributed by atoms with Crippen molar-refractivity contribution in [2.75, 3.05) is 5.32 Å². The first-order valence-corrected chi connectivity index (χ1v) is 8.63. The summed E-state index contributed by atoms with van der Waals surface area (Å²) < 4.78 is 6.76. The molecule has 0 saturated carbocycles. The van der Waals surface area contributed by atoms with Gasteiger partial charge in [0.25, 0.3) is 5.91 Å². The van der Waals surface area contributed by atoms with E-state index in [1.54, 1.807) is 29.1 Å². The zero-order valence-electron chi connectivity index (χ0n) is 14.9. The third-order valence-electron chi connectivity index (χ3n) is 4.40. The number of anilines is 1. The Hall–Kier alpha value is -3.61. The quantitative estimate of drug-likeness (QED) is 0.582. The number of hydrogen-bond donors (Lipinski definition) is 2. The number of H-pyrrole nitrogens is 1. The van der Waals surface area contributed by atoms with Gasteiger partial charge in [-0.1, -0.05) is 24.6 Å². The van der Waals surface area contributed by atoms with Crippen LogP contribution in [-0.4, -0.2) is 20.7 Å². The molecule has 0 atom stereocenters. The lowest BCUT2D eigenvalue weighted by atomic mass is 10.1. The number of fused-ring (bicyclic) bond motifs is 1. The van der Waals surface area contributed by atoms with Gasteiger partial charge >= 0.3 is 5.76 Å². The number of aromatic nitrogens is 3. The molecule has 0 aliphatic rings. The third-order valence-corrected chi connectivity index (χ3v) is 4.40. The van der Waals surface area contributed by atoms with Crippen molar-refractivity contribution in [1.82, 2.24) is 14.8 Å². The molecule has 136 valence electrons. The largest absolute Gasteiger partial charge is 0.417 e. The molecule has 0 radical (unpaired) electrons. The second kappa shape index (κ2) is 6.60. The Bertz CT molecular complexity index is 1180. The van der Waals surface area contributed by atoms with Crippen LogP contribution in [0.1, 0.15) is 28.5 Å². The lowest BCUT2D eigenvalue weighted by molar-refractivity contribution is 0.102. The molecule has 0 fully saturated rings. The molecule has 4 rings (SSSR count). The highest BCUT2D eigenvalue weighted by atomic mass is 16.4. The Morgan fingerprint density at radius 1 is 1.22 bits per heavy atom. The molecule has 0 bridgehead atoms. The summed E-state index contributed by atoms with van der Waals surface area (Å²) in [6.07, 6.45) is 2.23. The number of amides is 1. The smallest absolute Gasteiger partial charge is 0.408 e. The molecular weight excluding hydrogens is 344 g/mol. The maximum Gasteiger partial charge on any atom is 0.417 e. The van der Waals surface area contributed by atoms with E-state index >= 15 is 0 Å². The third kappa shape index (κ3) is 3.15. The fraction of sp³-hybridized carbons (Fsp3) is 0.150. The number of nitrogens with zero attached hydrogens (tertiary/aromatic N) is 2. The van der Waals surface area contributed by atoms with Gasteiger partial charge in [-0.15, -0.1) is 0 Å². The summed E-state index contributed by atoms with van der Waals surface area (Å²) in [6, 6.07) is 13.0. The van der Waals surface area contributed by atoms with Crippen molar-refractivity contribution in [2.24, 2.45) is 0 Å². The molecule has 7 nitrogen and oxygen atoms in total. The standard InChI is InChI=1S/C20H18N4O3/c1-3-17-15(11-21-24(17)14-7-4-12(2)5-8-14)19(25)22-13-6-9-18-16(10-13)23-20(26)27-18/h4-11H,3H2,1-2H3,(H,22,25)(H,23,26). The molecule has 2 heterocycles. The van der Waals surface area contributed by atoms with Crippen LogP contribution in [0.25, 0.3) is 16.8 Å². The highest BCUT2D eigenvalue weighted by Gasteiger charge is 2.17. The normalized spacial score (nSPS) is 11.0. The SMILES string of the molecule is CCc1c(C(=O)Nc2ccc3oc(=O)[nH]c3c2)cnn1-c1ccc(C)cc1. The van der Waals surface area contributed by atoms with Gasteiger partial charge in [0.2, 0.25) is 0 Å². The molecule has 4 aromatic rings. The van der Waals surface area contributed by atoms with Gasteiger partial charge in [0.05, 0.1) is 28.7 Å². The van der Waals surface area contributed by atoms with Gasteiger partial charge in [0.1, 0.15) is 0 Å². The van der Waals surface area contributed by atoms with E-state index in [4.69, 9.17) is 4.42 Å². The molecule has 0 aliphatic heterocycles. The van der Waals surface area contributed by atoms with E-state index in [-0.39, 0.29) is 5.91 Å². The Labute approximate surface area is 154 Å². The molecule has 2 N–H and O–H groups in total. The van der Waals surface area contributed by atoms with E-state index in [9.17, 15) is 9.59 Å². The first-order valence-electron chi connectivity index (χ1n) is 8.63. The number of carbonyl (C=O) groups excluding carboxylic acids is 1. The molecule has 0 spiro atoms. The van der Waals surface area contributed by atoms with Crippen molar-refractivity contribution in [1.29, 1.82) is 0 Å². The topological polar surface area (TPSA) is 92.9 Å². The summed E-state index contributed by atoms with van der Waals surface area (Å²) in [5.41, 5.74) is 4.95. The second-order valence-corrected chi connectivity index (χ2v) is 6.29. The molecule has 2 aromatic heterocycles. The summed E-state index contributed by atoms with van der Waals surface area (Å²) in [5, 5.41) is 7.25. The predicted molar refractivity (Wildman–Crippen MR) is 102 cm³/mol. The van der Waals surface area contributed by atoms with E-state index in [2.05, 4.69) is 15.4 Å². The summed E-state index contributed by atoms with van der Waals surface area (Å²) in [7, 11) is 0. The van der Waals surface area contributed by atoms with Gasteiger partial charge in [-0.2, -0.15) is 5.10 Å². The number of hydrogen-bond acceptors (Lipinski definition) is 4. The summed E-state index contributed by atoms with van der Waals surface area (Å²) in [6.45, 7) is 4.01. The van der Waals surface area contributed by atoms with E-state index in [1.165, 1.54) is 0 Å². The fourth-order valence-corrected chi connectivity index (χ4v) is 3.04. The van der Waals surface area contributed by atoms with Crippen molar-refractivity contribution in [3.63, 3.8) is 0 Å². The van der Waals surface area contributed by atoms with Gasteiger partial charge < -0.3 is 9.73 Å². The first-order chi connectivity index (χ1) is 13.0. The van der Waals surface area contributed by atoms with E-state index in [1.807, 2.05) is 38.1 Å². The summed E-state index contributed by atoms with van der Waals surface area (Å²) in [5.74, 6) is -0.781. The van der Waals surface area contributed by atoms with Gasteiger partial charge in [0.15, 0.2) is 5.58 Å². The van der Waals surface area contributed by atoms with Crippen molar-refractivity contribution >= 4 is 22.7 Å². The monoisotopic (exact) mass is 362 g/mol. The molecule has 0 aliphatic carbocycles. The second-order valence-electron chi connectivity index (χ2n) is 6.29. The first kappa shape index (κ1) is 16.8. The number of rotatable bonds is 4. The number of aromatic amines is 1. The highest BCUT2D eigenvalue weighted by molar-refractivity contribution is 6.05. The van der Waals surface area contributed by atoms with Crippen LogP contribution in [0.4, 0.5) is 5.69 Å². The molecule has 0 saturated heterocycles. The van der Waals surface area contributed by atoms with Gasteiger partial charge in [-0.25, -0.2) is 9.48 Å². The molecular formula is C20H18N4O3. The van der Waals surface area contributed by atoms with E-state index in [0.29, 0.717) is 28.8 Å². The minimum absolute atomic E-state index is 0.254. The zero-order valence-corrected chi connectivity index (χ0v) is 14.9. The summed E-state index contributed by atoms with van der Waals surface area (Å²) in [4.78, 5) is 26.6. The minimum Gasteiger partial charge on any atom is -0.408 e. The Balaban J connectivity index is 1.64. The van der Waals surface area contributed by atoms with Crippen LogP contribution in [0.5, 0.6) is 0 Å². The Kier molecular flexibility index (Phi) is 4.12. The molecule has 1 amide bonds. The lowest BCUT2D eigenvalue weighted by Crippen LogP contribution is -2.14. The fourth-order valence-electron chi connectivity index (χ4n) is 3.04. The van der Waals surface area contributed by atoms with Crippen LogP contribution in [0.15, 0.2) is 57.9 Å². The van der Waals surface area contributed by atoms with Gasteiger partial charge in [-0.05, 0) is 43.7 Å². The van der Waals surface area contributed by atoms with Crippen LogP contribution in [0, 0.1) is 6.92 Å². The molecule has 7 heteroatoms. The number of aryl methyl sites for hydroxylation is 1. The molecule has 2 aromatic carbocycles.